The van der Waals surface area contributed by atoms with Gasteiger partial charge in [-0.25, -0.2) is 8.42 Å². The van der Waals surface area contributed by atoms with Gasteiger partial charge in [0.15, 0.2) is 0 Å². The third kappa shape index (κ3) is 4.33. The molecule has 0 aromatic heterocycles. The van der Waals surface area contributed by atoms with Crippen LogP contribution >= 0.6 is 0 Å². The fraction of sp³-hybridized carbons (Fsp3) is 0.429. The van der Waals surface area contributed by atoms with Gasteiger partial charge in [-0.05, 0) is 31.2 Å². The monoisotopic (exact) mass is 299 g/mol. The van der Waals surface area contributed by atoms with Gasteiger partial charge in [-0.1, -0.05) is 19.1 Å². The third-order valence-corrected chi connectivity index (χ3v) is 4.56. The van der Waals surface area contributed by atoms with Gasteiger partial charge in [0.05, 0.1) is 11.5 Å². The lowest BCUT2D eigenvalue weighted by atomic mass is 10.3. The van der Waals surface area contributed by atoms with Crippen molar-refractivity contribution in [3.8, 4) is 5.75 Å². The largest absolute Gasteiger partial charge is 0.491 e. The Morgan fingerprint density at radius 3 is 2.40 bits per heavy atom. The molecule has 0 aliphatic carbocycles. The molecule has 0 spiro atoms. The van der Waals surface area contributed by atoms with Crippen LogP contribution in [0.4, 0.5) is 0 Å². The molecule has 0 atom stereocenters. The highest BCUT2D eigenvalue weighted by molar-refractivity contribution is 7.89. The maximum absolute atomic E-state index is 12.4. The number of likely N-dealkylation sites (N-methyl/N-ethyl adjacent to an activating group) is 1. The summed E-state index contributed by atoms with van der Waals surface area (Å²) in [5.74, 6) is 0.529. The number of benzene rings is 1. The number of rotatable bonds is 8. The summed E-state index contributed by atoms with van der Waals surface area (Å²) in [6.45, 7) is 8.13. The summed E-state index contributed by atoms with van der Waals surface area (Å²) in [4.78, 5) is 0.219. The minimum atomic E-state index is -3.52. The van der Waals surface area contributed by atoms with E-state index in [1.165, 1.54) is 16.4 Å². The summed E-state index contributed by atoms with van der Waals surface area (Å²) >= 11 is 0. The Morgan fingerprint density at radius 2 is 1.95 bits per heavy atom. The average Bonchev–Trinajstić information content (AvgIpc) is 2.42. The number of aliphatic hydroxyl groups is 1. The molecule has 6 heteroatoms. The molecule has 5 nitrogen and oxygen atoms in total. The Morgan fingerprint density at radius 1 is 1.35 bits per heavy atom. The molecule has 0 saturated carbocycles. The van der Waals surface area contributed by atoms with Gasteiger partial charge in [0.2, 0.25) is 10.0 Å². The van der Waals surface area contributed by atoms with Gasteiger partial charge < -0.3 is 9.84 Å². The first-order valence-corrected chi connectivity index (χ1v) is 7.84. The van der Waals surface area contributed by atoms with E-state index in [4.69, 9.17) is 9.84 Å². The molecule has 1 N–H and O–H groups in total. The van der Waals surface area contributed by atoms with E-state index in [0.717, 1.165) is 5.57 Å². The number of hydrogen-bond acceptors (Lipinski definition) is 4. The van der Waals surface area contributed by atoms with Crippen LogP contribution in [0.5, 0.6) is 5.75 Å². The molecule has 0 heterocycles. The van der Waals surface area contributed by atoms with Crippen LogP contribution < -0.4 is 4.74 Å². The highest BCUT2D eigenvalue weighted by atomic mass is 32.2. The van der Waals surface area contributed by atoms with E-state index in [1.807, 2.05) is 0 Å². The van der Waals surface area contributed by atoms with Crippen LogP contribution in [0.25, 0.3) is 0 Å². The first-order chi connectivity index (χ1) is 9.41. The van der Waals surface area contributed by atoms with Crippen LogP contribution in [0.3, 0.4) is 0 Å². The van der Waals surface area contributed by atoms with Crippen molar-refractivity contribution >= 4 is 10.0 Å². The molecule has 0 aliphatic heterocycles. The minimum Gasteiger partial charge on any atom is -0.491 e. The Kier molecular flexibility index (Phi) is 6.19. The van der Waals surface area contributed by atoms with Gasteiger partial charge in [-0.15, -0.1) is 0 Å². The van der Waals surface area contributed by atoms with Crippen LogP contribution in [0.1, 0.15) is 13.8 Å². The number of nitrogens with zero attached hydrogens (tertiary/aromatic N) is 1. The zero-order valence-corrected chi connectivity index (χ0v) is 12.7. The van der Waals surface area contributed by atoms with E-state index in [9.17, 15) is 8.42 Å². The molecule has 112 valence electrons. The van der Waals surface area contributed by atoms with E-state index in [1.54, 1.807) is 26.0 Å². The van der Waals surface area contributed by atoms with Crippen LogP contribution in [-0.4, -0.2) is 44.1 Å². The molecular formula is C14H21NO4S. The van der Waals surface area contributed by atoms with E-state index in [2.05, 4.69) is 6.58 Å². The molecule has 0 fully saturated rings. The number of hydrogen-bond donors (Lipinski definition) is 1. The average molecular weight is 299 g/mol. The maximum Gasteiger partial charge on any atom is 0.243 e. The Hall–Kier alpha value is -1.37. The van der Waals surface area contributed by atoms with Gasteiger partial charge in [-0.3, -0.25) is 0 Å². The molecule has 1 aromatic rings. The Bertz CT molecular complexity index is 537. The topological polar surface area (TPSA) is 66.8 Å². The quantitative estimate of drug-likeness (QED) is 0.741. The SMILES string of the molecule is C=C(C)CN(CC)S(=O)(=O)c1ccc(OCCO)cc1. The zero-order valence-electron chi connectivity index (χ0n) is 11.9. The Labute approximate surface area is 120 Å². The Balaban J connectivity index is 2.94. The second-order valence-corrected chi connectivity index (χ2v) is 6.37. The molecular weight excluding hydrogens is 278 g/mol. The van der Waals surface area contributed by atoms with E-state index < -0.39 is 10.0 Å². The fourth-order valence-electron chi connectivity index (χ4n) is 1.69. The summed E-state index contributed by atoms with van der Waals surface area (Å²) < 4.78 is 31.4. The highest BCUT2D eigenvalue weighted by Crippen LogP contribution is 2.20. The third-order valence-electron chi connectivity index (χ3n) is 2.62. The highest BCUT2D eigenvalue weighted by Gasteiger charge is 2.22. The molecule has 20 heavy (non-hydrogen) atoms. The van der Waals surface area contributed by atoms with Crippen molar-refractivity contribution in [2.75, 3.05) is 26.3 Å². The van der Waals surface area contributed by atoms with Crippen LogP contribution in [0, 0.1) is 0 Å². The predicted octanol–water partition coefficient (Wildman–Crippen LogP) is 1.64. The van der Waals surface area contributed by atoms with Crippen molar-refractivity contribution in [3.63, 3.8) is 0 Å². The van der Waals surface area contributed by atoms with Gasteiger partial charge in [0.25, 0.3) is 0 Å². The first-order valence-electron chi connectivity index (χ1n) is 6.40. The van der Waals surface area contributed by atoms with Crippen molar-refractivity contribution in [1.29, 1.82) is 0 Å². The molecule has 0 radical (unpaired) electrons. The number of sulfonamides is 1. The van der Waals surface area contributed by atoms with Crippen molar-refractivity contribution in [2.24, 2.45) is 0 Å². The number of ether oxygens (including phenoxy) is 1. The predicted molar refractivity (Wildman–Crippen MR) is 78.3 cm³/mol. The van der Waals surface area contributed by atoms with Crippen LogP contribution in [0.2, 0.25) is 0 Å². The smallest absolute Gasteiger partial charge is 0.243 e. The molecule has 0 saturated heterocycles. The minimum absolute atomic E-state index is 0.0811. The standard InChI is InChI=1S/C14H21NO4S/c1-4-15(11-12(2)3)20(17,18)14-7-5-13(6-8-14)19-10-9-16/h5-8,16H,2,4,9-11H2,1,3H3. The normalized spacial score (nSPS) is 11.6. The van der Waals surface area contributed by atoms with Crippen molar-refractivity contribution in [3.05, 3.63) is 36.4 Å². The van der Waals surface area contributed by atoms with Crippen LogP contribution in [0.15, 0.2) is 41.3 Å². The summed E-state index contributed by atoms with van der Waals surface area (Å²) in [7, 11) is -3.52. The lowest BCUT2D eigenvalue weighted by Crippen LogP contribution is -2.32. The second-order valence-electron chi connectivity index (χ2n) is 4.43. The van der Waals surface area contributed by atoms with E-state index >= 15 is 0 Å². The molecule has 0 unspecified atom stereocenters. The molecule has 1 aromatic carbocycles. The van der Waals surface area contributed by atoms with Crippen molar-refractivity contribution in [1.82, 2.24) is 4.31 Å². The van der Waals surface area contributed by atoms with Gasteiger partial charge in [0.1, 0.15) is 12.4 Å². The summed E-state index contributed by atoms with van der Waals surface area (Å²) in [5.41, 5.74) is 0.790. The molecule has 0 amide bonds. The fourth-order valence-corrected chi connectivity index (χ4v) is 3.20. The summed E-state index contributed by atoms with van der Waals surface area (Å²) in [6, 6.07) is 6.17. The van der Waals surface area contributed by atoms with Crippen LogP contribution in [-0.2, 0) is 10.0 Å². The van der Waals surface area contributed by atoms with E-state index in [-0.39, 0.29) is 18.1 Å². The maximum atomic E-state index is 12.4. The van der Waals surface area contributed by atoms with Gasteiger partial charge >= 0.3 is 0 Å². The van der Waals surface area contributed by atoms with E-state index in [0.29, 0.717) is 18.8 Å². The van der Waals surface area contributed by atoms with Gasteiger partial charge in [-0.2, -0.15) is 4.31 Å². The first kappa shape index (κ1) is 16.7. The lowest BCUT2D eigenvalue weighted by Gasteiger charge is -2.20. The summed E-state index contributed by atoms with van der Waals surface area (Å²) in [6.07, 6.45) is 0. The molecule has 0 bridgehead atoms. The molecule has 0 aliphatic rings. The van der Waals surface area contributed by atoms with Gasteiger partial charge in [0, 0.05) is 13.1 Å². The molecule has 1 rings (SSSR count). The second kappa shape index (κ2) is 7.42. The summed E-state index contributed by atoms with van der Waals surface area (Å²) in [5, 5.41) is 8.66. The number of aliphatic hydroxyl groups excluding tert-OH is 1. The van der Waals surface area contributed by atoms with Crippen molar-refractivity contribution < 1.29 is 18.3 Å². The lowest BCUT2D eigenvalue weighted by molar-refractivity contribution is 0.201. The zero-order chi connectivity index (χ0) is 15.2. The van der Waals surface area contributed by atoms with Crippen molar-refractivity contribution in [2.45, 2.75) is 18.7 Å².